The maximum absolute atomic E-state index is 12.1. The van der Waals surface area contributed by atoms with Crippen molar-refractivity contribution >= 4 is 11.9 Å². The monoisotopic (exact) mass is 259 g/mol. The zero-order chi connectivity index (χ0) is 13.5. The first kappa shape index (κ1) is 14.9. The van der Waals surface area contributed by atoms with Crippen LogP contribution in [-0.4, -0.2) is 62.4 Å². The fraction of sp³-hybridized carbons (Fsp3) is 0.833. The number of carboxylic acids is 1. The van der Waals surface area contributed by atoms with E-state index in [-0.39, 0.29) is 11.8 Å². The zero-order valence-electron chi connectivity index (χ0n) is 10.9. The van der Waals surface area contributed by atoms with Crippen molar-refractivity contribution in [2.75, 3.05) is 40.5 Å². The van der Waals surface area contributed by atoms with E-state index in [9.17, 15) is 9.59 Å². The van der Waals surface area contributed by atoms with Crippen LogP contribution in [0.4, 0.5) is 0 Å². The van der Waals surface area contributed by atoms with Gasteiger partial charge in [0.2, 0.25) is 5.91 Å². The van der Waals surface area contributed by atoms with Crippen LogP contribution >= 0.6 is 0 Å². The summed E-state index contributed by atoms with van der Waals surface area (Å²) >= 11 is 0. The minimum absolute atomic E-state index is 0.0736. The van der Waals surface area contributed by atoms with E-state index in [1.807, 2.05) is 0 Å². The molecule has 0 aliphatic heterocycles. The minimum Gasteiger partial charge on any atom is -0.481 e. The van der Waals surface area contributed by atoms with Crippen molar-refractivity contribution in [3.05, 3.63) is 0 Å². The Labute approximate surface area is 107 Å². The molecule has 0 aromatic carbocycles. The van der Waals surface area contributed by atoms with E-state index in [2.05, 4.69) is 0 Å². The summed E-state index contributed by atoms with van der Waals surface area (Å²) in [7, 11) is 3.19. The predicted octanol–water partition coefficient (Wildman–Crippen LogP) is 0.219. The number of aliphatic carboxylic acids is 1. The number of ether oxygens (including phenoxy) is 2. The summed E-state index contributed by atoms with van der Waals surface area (Å²) in [5, 5.41) is 8.83. The second-order valence-electron chi connectivity index (χ2n) is 4.45. The van der Waals surface area contributed by atoms with Crippen molar-refractivity contribution in [1.82, 2.24) is 4.90 Å². The molecule has 6 heteroatoms. The fourth-order valence-electron chi connectivity index (χ4n) is 1.91. The molecule has 0 saturated heterocycles. The number of carbonyl (C=O) groups excluding carboxylic acids is 1. The molecule has 0 aromatic heterocycles. The molecule has 0 spiro atoms. The number of carboxylic acid groups (broad SMARTS) is 1. The summed E-state index contributed by atoms with van der Waals surface area (Å²) in [6.07, 6.45) is 1.21. The highest BCUT2D eigenvalue weighted by molar-refractivity contribution is 5.89. The van der Waals surface area contributed by atoms with Gasteiger partial charge in [-0.1, -0.05) is 0 Å². The highest BCUT2D eigenvalue weighted by Crippen LogP contribution is 2.40. The summed E-state index contributed by atoms with van der Waals surface area (Å²) in [6, 6.07) is 0. The van der Waals surface area contributed by atoms with Crippen molar-refractivity contribution in [3.63, 3.8) is 0 Å². The quantitative estimate of drug-likeness (QED) is 0.599. The van der Waals surface area contributed by atoms with Crippen LogP contribution in [0.15, 0.2) is 0 Å². The van der Waals surface area contributed by atoms with Crippen LogP contribution in [0.3, 0.4) is 0 Å². The first-order valence-electron chi connectivity index (χ1n) is 6.11. The second kappa shape index (κ2) is 7.33. The van der Waals surface area contributed by atoms with Crippen LogP contribution in [0.1, 0.15) is 12.8 Å². The van der Waals surface area contributed by atoms with Crippen LogP contribution in [0.5, 0.6) is 0 Å². The SMILES string of the molecule is COCCCN(CCOC)C(=O)C1CC1C(=O)O. The first-order valence-corrected chi connectivity index (χ1v) is 6.11. The van der Waals surface area contributed by atoms with Crippen LogP contribution < -0.4 is 0 Å². The second-order valence-corrected chi connectivity index (χ2v) is 4.45. The maximum Gasteiger partial charge on any atom is 0.307 e. The van der Waals surface area contributed by atoms with E-state index in [0.717, 1.165) is 6.42 Å². The lowest BCUT2D eigenvalue weighted by molar-refractivity contribution is -0.142. The molecule has 1 fully saturated rings. The van der Waals surface area contributed by atoms with Gasteiger partial charge in [-0.15, -0.1) is 0 Å². The number of hydrogen-bond acceptors (Lipinski definition) is 4. The van der Waals surface area contributed by atoms with E-state index >= 15 is 0 Å². The third-order valence-corrected chi connectivity index (χ3v) is 3.08. The molecule has 0 heterocycles. The van der Waals surface area contributed by atoms with Gasteiger partial charge in [-0.2, -0.15) is 0 Å². The Morgan fingerprint density at radius 2 is 1.83 bits per heavy atom. The van der Waals surface area contributed by atoms with Gasteiger partial charge in [0.1, 0.15) is 0 Å². The molecule has 2 atom stereocenters. The molecule has 18 heavy (non-hydrogen) atoms. The zero-order valence-corrected chi connectivity index (χ0v) is 10.9. The van der Waals surface area contributed by atoms with Crippen molar-refractivity contribution < 1.29 is 24.2 Å². The summed E-state index contributed by atoms with van der Waals surface area (Å²) in [5.74, 6) is -1.79. The largest absolute Gasteiger partial charge is 0.481 e. The topological polar surface area (TPSA) is 76.1 Å². The molecule has 1 N–H and O–H groups in total. The minimum atomic E-state index is -0.878. The average molecular weight is 259 g/mol. The Morgan fingerprint density at radius 3 is 2.33 bits per heavy atom. The number of rotatable bonds is 9. The molecule has 2 unspecified atom stereocenters. The van der Waals surface area contributed by atoms with Crippen molar-refractivity contribution in [1.29, 1.82) is 0 Å². The summed E-state index contributed by atoms with van der Waals surface area (Å²) < 4.78 is 9.91. The number of amides is 1. The summed E-state index contributed by atoms with van der Waals surface area (Å²) in [5.41, 5.74) is 0. The van der Waals surface area contributed by atoms with Gasteiger partial charge in [0, 0.05) is 33.9 Å². The van der Waals surface area contributed by atoms with E-state index in [0.29, 0.717) is 32.7 Å². The maximum atomic E-state index is 12.1. The Balaban J connectivity index is 2.43. The predicted molar refractivity (Wildman–Crippen MR) is 64.2 cm³/mol. The smallest absolute Gasteiger partial charge is 0.307 e. The fourth-order valence-corrected chi connectivity index (χ4v) is 1.91. The summed E-state index contributed by atoms with van der Waals surface area (Å²) in [6.45, 7) is 2.13. The van der Waals surface area contributed by atoms with Crippen LogP contribution in [0.2, 0.25) is 0 Å². The van der Waals surface area contributed by atoms with Gasteiger partial charge in [-0.05, 0) is 12.8 Å². The number of hydrogen-bond donors (Lipinski definition) is 1. The average Bonchev–Trinajstić information content (AvgIpc) is 3.13. The third-order valence-electron chi connectivity index (χ3n) is 3.08. The first-order chi connectivity index (χ1) is 8.61. The van der Waals surface area contributed by atoms with E-state index in [4.69, 9.17) is 14.6 Å². The molecule has 0 bridgehead atoms. The van der Waals surface area contributed by atoms with Gasteiger partial charge in [-0.25, -0.2) is 0 Å². The van der Waals surface area contributed by atoms with E-state index < -0.39 is 11.9 Å². The molecule has 1 amide bonds. The molecule has 0 radical (unpaired) electrons. The van der Waals surface area contributed by atoms with Crippen LogP contribution in [0.25, 0.3) is 0 Å². The molecule has 0 aromatic rings. The molecular formula is C12H21NO5. The molecular weight excluding hydrogens is 238 g/mol. The number of nitrogens with zero attached hydrogens (tertiary/aromatic N) is 1. The van der Waals surface area contributed by atoms with Crippen molar-refractivity contribution in [2.45, 2.75) is 12.8 Å². The highest BCUT2D eigenvalue weighted by Gasteiger charge is 2.49. The molecule has 1 aliphatic rings. The van der Waals surface area contributed by atoms with Gasteiger partial charge in [0.15, 0.2) is 0 Å². The van der Waals surface area contributed by atoms with E-state index in [1.165, 1.54) is 0 Å². The molecule has 6 nitrogen and oxygen atoms in total. The lowest BCUT2D eigenvalue weighted by Crippen LogP contribution is -2.37. The van der Waals surface area contributed by atoms with Gasteiger partial charge in [0.25, 0.3) is 0 Å². The normalized spacial score (nSPS) is 21.7. The lowest BCUT2D eigenvalue weighted by Gasteiger charge is -2.22. The number of carbonyl (C=O) groups is 2. The van der Waals surface area contributed by atoms with Crippen LogP contribution in [-0.2, 0) is 19.1 Å². The Hall–Kier alpha value is -1.14. The molecule has 1 rings (SSSR count). The highest BCUT2D eigenvalue weighted by atomic mass is 16.5. The Morgan fingerprint density at radius 1 is 1.17 bits per heavy atom. The van der Waals surface area contributed by atoms with Crippen molar-refractivity contribution in [3.8, 4) is 0 Å². The van der Waals surface area contributed by atoms with Gasteiger partial charge in [-0.3, -0.25) is 9.59 Å². The van der Waals surface area contributed by atoms with Gasteiger partial charge in [0.05, 0.1) is 18.4 Å². The Kier molecular flexibility index (Phi) is 6.07. The van der Waals surface area contributed by atoms with Gasteiger partial charge >= 0.3 is 5.97 Å². The van der Waals surface area contributed by atoms with E-state index in [1.54, 1.807) is 19.1 Å². The lowest BCUT2D eigenvalue weighted by atomic mass is 10.2. The molecule has 1 aliphatic carbocycles. The number of methoxy groups -OCH3 is 2. The third kappa shape index (κ3) is 4.27. The van der Waals surface area contributed by atoms with Gasteiger partial charge < -0.3 is 19.5 Å². The standard InChI is InChI=1S/C12H21NO5/c1-17-6-3-4-13(5-7-18-2)11(14)9-8-10(9)12(15)16/h9-10H,3-8H2,1-2H3,(H,15,16). The van der Waals surface area contributed by atoms with Crippen molar-refractivity contribution in [2.24, 2.45) is 11.8 Å². The van der Waals surface area contributed by atoms with Crippen LogP contribution in [0, 0.1) is 11.8 Å². The summed E-state index contributed by atoms with van der Waals surface area (Å²) in [4.78, 5) is 24.5. The Bertz CT molecular complexity index is 294. The molecule has 104 valence electrons. The molecule has 1 saturated carbocycles.